The molecule has 0 heterocycles. The first kappa shape index (κ1) is 19.7. The third-order valence-electron chi connectivity index (χ3n) is 3.28. The molecule has 0 saturated carbocycles. The standard InChI is InChI=1S/C17H16BrN3O4S/c1-24-13-8-7-10(9-14(13)25-2)15(22)20-21-17(26)19-16(23)11-5-3-4-6-12(11)18/h3-9H,1-2H3,(H,20,22)(H2,19,21,23,26). The van der Waals surface area contributed by atoms with Gasteiger partial charge in [0.25, 0.3) is 11.8 Å². The van der Waals surface area contributed by atoms with Gasteiger partial charge in [0.1, 0.15) is 0 Å². The first-order valence-electron chi connectivity index (χ1n) is 7.34. The quantitative estimate of drug-likeness (QED) is 0.502. The summed E-state index contributed by atoms with van der Waals surface area (Å²) in [6, 6.07) is 11.6. The number of halogens is 1. The van der Waals surface area contributed by atoms with Gasteiger partial charge in [0.05, 0.1) is 19.8 Å². The molecule has 9 heteroatoms. The van der Waals surface area contributed by atoms with E-state index in [1.807, 2.05) is 0 Å². The summed E-state index contributed by atoms with van der Waals surface area (Å²) in [7, 11) is 2.98. The monoisotopic (exact) mass is 437 g/mol. The first-order valence-corrected chi connectivity index (χ1v) is 8.54. The Kier molecular flexibility index (Phi) is 6.93. The van der Waals surface area contributed by atoms with Crippen molar-refractivity contribution in [2.45, 2.75) is 0 Å². The molecule has 2 aromatic carbocycles. The van der Waals surface area contributed by atoms with Crippen LogP contribution in [0.15, 0.2) is 46.9 Å². The Hall–Kier alpha value is -2.65. The van der Waals surface area contributed by atoms with Crippen LogP contribution in [-0.2, 0) is 0 Å². The SMILES string of the molecule is COc1ccc(C(=O)NNC(=S)NC(=O)c2ccccc2Br)cc1OC. The average molecular weight is 438 g/mol. The molecule has 0 aromatic heterocycles. The van der Waals surface area contributed by atoms with Crippen LogP contribution in [0.5, 0.6) is 11.5 Å². The van der Waals surface area contributed by atoms with E-state index in [4.69, 9.17) is 21.7 Å². The highest BCUT2D eigenvalue weighted by Gasteiger charge is 2.13. The molecule has 0 spiro atoms. The molecule has 3 N–H and O–H groups in total. The van der Waals surface area contributed by atoms with Gasteiger partial charge in [-0.25, -0.2) is 0 Å². The van der Waals surface area contributed by atoms with Gasteiger partial charge in [-0.15, -0.1) is 0 Å². The number of carbonyl (C=O) groups excluding carboxylic acids is 2. The van der Waals surface area contributed by atoms with E-state index < -0.39 is 11.8 Å². The number of nitrogens with one attached hydrogen (secondary N) is 3. The molecular formula is C17H16BrN3O4S. The van der Waals surface area contributed by atoms with Crippen LogP contribution in [-0.4, -0.2) is 31.1 Å². The van der Waals surface area contributed by atoms with Gasteiger partial charge in [0.2, 0.25) is 0 Å². The molecule has 2 aromatic rings. The topological polar surface area (TPSA) is 88.7 Å². The van der Waals surface area contributed by atoms with Gasteiger partial charge >= 0.3 is 0 Å². The number of hydrogen-bond acceptors (Lipinski definition) is 5. The van der Waals surface area contributed by atoms with Gasteiger partial charge in [0, 0.05) is 10.0 Å². The number of benzene rings is 2. The molecule has 7 nitrogen and oxygen atoms in total. The normalized spacial score (nSPS) is 9.81. The molecule has 2 rings (SSSR count). The van der Waals surface area contributed by atoms with Gasteiger partial charge in [-0.05, 0) is 58.5 Å². The molecule has 26 heavy (non-hydrogen) atoms. The second-order valence-corrected chi connectivity index (χ2v) is 6.17. The number of amides is 2. The van der Waals surface area contributed by atoms with E-state index in [0.29, 0.717) is 27.1 Å². The van der Waals surface area contributed by atoms with Crippen molar-refractivity contribution in [1.82, 2.24) is 16.2 Å². The summed E-state index contributed by atoms with van der Waals surface area (Å²) in [5.74, 6) is 0.0666. The van der Waals surface area contributed by atoms with Crippen molar-refractivity contribution in [2.75, 3.05) is 14.2 Å². The third-order valence-corrected chi connectivity index (χ3v) is 4.18. The summed E-state index contributed by atoms with van der Waals surface area (Å²) < 4.78 is 10.9. The fraction of sp³-hybridized carbons (Fsp3) is 0.118. The Morgan fingerprint density at radius 3 is 2.31 bits per heavy atom. The summed E-state index contributed by atoms with van der Waals surface area (Å²) in [6.45, 7) is 0. The van der Waals surface area contributed by atoms with Crippen LogP contribution in [0.1, 0.15) is 20.7 Å². The summed E-state index contributed by atoms with van der Waals surface area (Å²) in [5.41, 5.74) is 5.63. The number of thiocarbonyl (C=S) groups is 1. The highest BCUT2D eigenvalue weighted by molar-refractivity contribution is 9.10. The maximum absolute atomic E-state index is 12.2. The lowest BCUT2D eigenvalue weighted by molar-refractivity contribution is 0.0934. The van der Waals surface area contributed by atoms with Crippen molar-refractivity contribution >= 4 is 45.1 Å². The average Bonchev–Trinajstić information content (AvgIpc) is 2.65. The molecule has 2 amide bonds. The minimum absolute atomic E-state index is 0.0421. The van der Waals surface area contributed by atoms with Gasteiger partial charge in [-0.2, -0.15) is 0 Å². The largest absolute Gasteiger partial charge is 0.493 e. The van der Waals surface area contributed by atoms with E-state index in [9.17, 15) is 9.59 Å². The van der Waals surface area contributed by atoms with Crippen molar-refractivity contribution in [3.8, 4) is 11.5 Å². The van der Waals surface area contributed by atoms with Crippen LogP contribution in [0.25, 0.3) is 0 Å². The number of hydrazine groups is 1. The molecule has 0 saturated heterocycles. The predicted molar refractivity (Wildman–Crippen MR) is 104 cm³/mol. The van der Waals surface area contributed by atoms with Crippen molar-refractivity contribution in [1.29, 1.82) is 0 Å². The molecule has 0 aliphatic rings. The lowest BCUT2D eigenvalue weighted by atomic mass is 10.2. The van der Waals surface area contributed by atoms with E-state index in [0.717, 1.165) is 0 Å². The van der Waals surface area contributed by atoms with E-state index in [2.05, 4.69) is 32.1 Å². The van der Waals surface area contributed by atoms with Gasteiger partial charge in [-0.1, -0.05) is 12.1 Å². The lowest BCUT2D eigenvalue weighted by Crippen LogP contribution is -2.48. The Morgan fingerprint density at radius 1 is 0.962 bits per heavy atom. The van der Waals surface area contributed by atoms with Gasteiger partial charge < -0.3 is 9.47 Å². The fourth-order valence-electron chi connectivity index (χ4n) is 2.01. The fourth-order valence-corrected chi connectivity index (χ4v) is 2.62. The second-order valence-electron chi connectivity index (χ2n) is 4.91. The zero-order valence-corrected chi connectivity index (χ0v) is 16.4. The van der Waals surface area contributed by atoms with Crippen molar-refractivity contribution in [3.63, 3.8) is 0 Å². The van der Waals surface area contributed by atoms with Crippen molar-refractivity contribution in [2.24, 2.45) is 0 Å². The number of methoxy groups -OCH3 is 2. The molecule has 0 bridgehead atoms. The Bertz CT molecular complexity index is 845. The maximum atomic E-state index is 12.2. The van der Waals surface area contributed by atoms with Crippen LogP contribution in [0.3, 0.4) is 0 Å². The number of hydrogen-bond donors (Lipinski definition) is 3. The van der Waals surface area contributed by atoms with Crippen LogP contribution in [0.2, 0.25) is 0 Å². The Labute approximate surface area is 164 Å². The minimum atomic E-state index is -0.455. The highest BCUT2D eigenvalue weighted by Crippen LogP contribution is 2.27. The molecule has 0 aliphatic carbocycles. The van der Waals surface area contributed by atoms with Crippen LogP contribution < -0.4 is 25.6 Å². The highest BCUT2D eigenvalue weighted by atomic mass is 79.9. The molecule has 0 aliphatic heterocycles. The Balaban J connectivity index is 1.94. The van der Waals surface area contributed by atoms with Crippen LogP contribution >= 0.6 is 28.1 Å². The van der Waals surface area contributed by atoms with Gasteiger partial charge in [0.15, 0.2) is 16.6 Å². The summed E-state index contributed by atoms with van der Waals surface area (Å²) in [6.07, 6.45) is 0. The molecule has 0 atom stereocenters. The van der Waals surface area contributed by atoms with E-state index >= 15 is 0 Å². The molecule has 0 radical (unpaired) electrons. The third kappa shape index (κ3) is 4.93. The first-order chi connectivity index (χ1) is 12.5. The predicted octanol–water partition coefficient (Wildman–Crippen LogP) is 2.42. The van der Waals surface area contributed by atoms with E-state index in [1.54, 1.807) is 36.4 Å². The number of carbonyl (C=O) groups is 2. The van der Waals surface area contributed by atoms with Crippen LogP contribution in [0, 0.1) is 0 Å². The second kappa shape index (κ2) is 9.16. The molecule has 136 valence electrons. The minimum Gasteiger partial charge on any atom is -0.493 e. The maximum Gasteiger partial charge on any atom is 0.269 e. The zero-order valence-electron chi connectivity index (χ0n) is 14.0. The molecule has 0 fully saturated rings. The Morgan fingerprint density at radius 2 is 1.65 bits per heavy atom. The van der Waals surface area contributed by atoms with Crippen molar-refractivity contribution in [3.05, 3.63) is 58.1 Å². The zero-order chi connectivity index (χ0) is 19.1. The van der Waals surface area contributed by atoms with Crippen molar-refractivity contribution < 1.29 is 19.1 Å². The number of ether oxygens (including phenoxy) is 2. The summed E-state index contributed by atoms with van der Waals surface area (Å²) >= 11 is 8.30. The van der Waals surface area contributed by atoms with E-state index in [1.165, 1.54) is 20.3 Å². The summed E-state index contributed by atoms with van der Waals surface area (Å²) in [4.78, 5) is 24.3. The molecule has 0 unspecified atom stereocenters. The molecular weight excluding hydrogens is 422 g/mol. The summed E-state index contributed by atoms with van der Waals surface area (Å²) in [5, 5.41) is 2.43. The van der Waals surface area contributed by atoms with Crippen LogP contribution in [0.4, 0.5) is 0 Å². The number of rotatable bonds is 4. The smallest absolute Gasteiger partial charge is 0.269 e. The lowest BCUT2D eigenvalue weighted by Gasteiger charge is -2.12. The van der Waals surface area contributed by atoms with Gasteiger partial charge in [-0.3, -0.25) is 25.8 Å². The van der Waals surface area contributed by atoms with E-state index in [-0.39, 0.29) is 5.11 Å².